The minimum absolute atomic E-state index is 0.253. The molecule has 0 aromatic carbocycles. The first kappa shape index (κ1) is 29.7. The van der Waals surface area contributed by atoms with E-state index < -0.39 is 15.1 Å². The summed E-state index contributed by atoms with van der Waals surface area (Å²) in [6, 6.07) is 0. The minimum atomic E-state index is -4.07. The summed E-state index contributed by atoms with van der Waals surface area (Å²) in [6.45, 7) is 14.2. The first-order valence-electron chi connectivity index (χ1n) is 11.1. The second kappa shape index (κ2) is 19.8. The van der Waals surface area contributed by atoms with Crippen LogP contribution in [0.25, 0.3) is 0 Å². The first-order chi connectivity index (χ1) is 12.7. The van der Waals surface area contributed by atoms with Crippen molar-refractivity contribution in [2.75, 3.05) is 39.4 Å². The van der Waals surface area contributed by atoms with Crippen LogP contribution in [0.4, 0.5) is 0 Å². The van der Waals surface area contributed by atoms with Crippen LogP contribution in [0.2, 0.25) is 0 Å². The van der Waals surface area contributed by atoms with Gasteiger partial charge in [0.1, 0.15) is 0 Å². The molecule has 0 heterocycles. The van der Waals surface area contributed by atoms with E-state index in [9.17, 15) is 9.46 Å². The Hall–Kier alpha value is 0.540. The van der Waals surface area contributed by atoms with Crippen molar-refractivity contribution in [3.05, 3.63) is 0 Å². The van der Waals surface area contributed by atoms with Gasteiger partial charge in [-0.15, -0.1) is 0 Å². The van der Waals surface area contributed by atoms with Gasteiger partial charge in [-0.05, 0) is 19.8 Å². The standard InChI is InChI=1S/C16H35O4P.C5H14P/c1-3-5-7-9-11-13-15-19-21(17,18)20-16-14-12-10-8-6-4-2;1-5-6(2,3)4/h3-16H2,1-2H3,(H,17,18);5H2,1-4H3/q;+1/p-1. The van der Waals surface area contributed by atoms with Gasteiger partial charge in [0.05, 0.1) is 19.4 Å². The number of unbranched alkanes of at least 4 members (excludes halogenated alkanes) is 10. The van der Waals surface area contributed by atoms with Gasteiger partial charge in [-0.1, -0.05) is 78.1 Å². The van der Waals surface area contributed by atoms with Crippen molar-refractivity contribution in [2.24, 2.45) is 0 Å². The summed E-state index contributed by atoms with van der Waals surface area (Å²) < 4.78 is 21.2. The maximum atomic E-state index is 11.5. The van der Waals surface area contributed by atoms with Gasteiger partial charge in [-0.2, -0.15) is 0 Å². The summed E-state index contributed by atoms with van der Waals surface area (Å²) in [7, 11) is -4.46. The Morgan fingerprint density at radius 2 is 0.963 bits per heavy atom. The summed E-state index contributed by atoms with van der Waals surface area (Å²) in [5, 5.41) is 0. The molecule has 0 aliphatic carbocycles. The van der Waals surface area contributed by atoms with Gasteiger partial charge < -0.3 is 13.9 Å². The molecule has 6 heteroatoms. The van der Waals surface area contributed by atoms with E-state index in [-0.39, 0.29) is 13.2 Å². The van der Waals surface area contributed by atoms with E-state index in [0.29, 0.717) is 0 Å². The maximum Gasteiger partial charge on any atom is 0.267 e. The zero-order valence-corrected chi connectivity index (χ0v) is 20.9. The first-order valence-corrected chi connectivity index (χ1v) is 15.9. The maximum absolute atomic E-state index is 11.5. The Morgan fingerprint density at radius 3 is 1.26 bits per heavy atom. The summed E-state index contributed by atoms with van der Waals surface area (Å²) in [6.07, 6.45) is 14.7. The molecule has 0 N–H and O–H groups in total. The molecule has 0 bridgehead atoms. The Morgan fingerprint density at radius 1 is 0.667 bits per heavy atom. The predicted molar refractivity (Wildman–Crippen MR) is 121 cm³/mol. The number of hydrogen-bond donors (Lipinski definition) is 0. The SMILES string of the molecule is CCCCCCCCOP(=O)([O-])OCCCCCCCC.CC[P+](C)(C)C. The summed E-state index contributed by atoms with van der Waals surface area (Å²) >= 11 is 0. The van der Waals surface area contributed by atoms with Crippen LogP contribution < -0.4 is 4.89 Å². The second-order valence-corrected chi connectivity index (χ2v) is 14.9. The molecule has 0 unspecified atom stereocenters. The topological polar surface area (TPSA) is 58.6 Å². The zero-order valence-electron chi connectivity index (χ0n) is 19.1. The second-order valence-electron chi connectivity index (χ2n) is 8.26. The molecule has 0 saturated heterocycles. The summed E-state index contributed by atoms with van der Waals surface area (Å²) in [4.78, 5) is 11.5. The third kappa shape index (κ3) is 28.8. The number of hydrogen-bond acceptors (Lipinski definition) is 4. The van der Waals surface area contributed by atoms with Gasteiger partial charge in [0, 0.05) is 27.3 Å². The Labute approximate surface area is 171 Å². The van der Waals surface area contributed by atoms with Crippen LogP contribution in [0.1, 0.15) is 97.8 Å². The van der Waals surface area contributed by atoms with E-state index in [4.69, 9.17) is 9.05 Å². The number of phosphoric ester groups is 1. The fraction of sp³-hybridized carbons (Fsp3) is 1.00. The van der Waals surface area contributed by atoms with Crippen LogP contribution in [0.5, 0.6) is 0 Å². The average molecular weight is 427 g/mol. The monoisotopic (exact) mass is 426 g/mol. The molecular weight excluding hydrogens is 378 g/mol. The van der Waals surface area contributed by atoms with Gasteiger partial charge in [0.15, 0.2) is 0 Å². The van der Waals surface area contributed by atoms with Gasteiger partial charge in [0.2, 0.25) is 0 Å². The van der Waals surface area contributed by atoms with E-state index in [1.165, 1.54) is 44.7 Å². The molecule has 4 nitrogen and oxygen atoms in total. The number of phosphoric acid groups is 1. The highest BCUT2D eigenvalue weighted by molar-refractivity contribution is 7.73. The van der Waals surface area contributed by atoms with Gasteiger partial charge in [-0.3, -0.25) is 4.57 Å². The largest absolute Gasteiger partial charge is 0.756 e. The Bertz CT molecular complexity index is 322. The highest BCUT2D eigenvalue weighted by atomic mass is 31.2. The minimum Gasteiger partial charge on any atom is -0.756 e. The van der Waals surface area contributed by atoms with Gasteiger partial charge >= 0.3 is 0 Å². The lowest BCUT2D eigenvalue weighted by molar-refractivity contribution is -0.225. The van der Waals surface area contributed by atoms with E-state index in [0.717, 1.165) is 38.5 Å². The normalized spacial score (nSPS) is 12.0. The van der Waals surface area contributed by atoms with Crippen molar-refractivity contribution in [3.8, 4) is 0 Å². The van der Waals surface area contributed by atoms with Crippen LogP contribution in [0.3, 0.4) is 0 Å². The smallest absolute Gasteiger partial charge is 0.267 e. The van der Waals surface area contributed by atoms with Crippen LogP contribution in [-0.4, -0.2) is 39.4 Å². The molecule has 0 radical (unpaired) electrons. The summed E-state index contributed by atoms with van der Waals surface area (Å²) in [5.74, 6) is 0. The van der Waals surface area contributed by atoms with Crippen molar-refractivity contribution in [1.82, 2.24) is 0 Å². The Balaban J connectivity index is 0. The predicted octanol–water partition coefficient (Wildman–Crippen LogP) is 7.12. The lowest BCUT2D eigenvalue weighted by Gasteiger charge is -2.22. The molecule has 0 aromatic rings. The third-order valence-corrected chi connectivity index (χ3v) is 7.34. The van der Waals surface area contributed by atoms with Crippen molar-refractivity contribution in [2.45, 2.75) is 97.8 Å². The fourth-order valence-electron chi connectivity index (χ4n) is 2.15. The highest BCUT2D eigenvalue weighted by Crippen LogP contribution is 2.45. The molecule has 0 amide bonds. The molecule has 0 rings (SSSR count). The fourth-order valence-corrected chi connectivity index (χ4v) is 2.93. The quantitative estimate of drug-likeness (QED) is 0.183. The molecule has 0 atom stereocenters. The van der Waals surface area contributed by atoms with Crippen LogP contribution >= 0.6 is 15.1 Å². The molecule has 0 spiro atoms. The van der Waals surface area contributed by atoms with Gasteiger partial charge in [-0.25, -0.2) is 0 Å². The molecule has 0 aromatic heterocycles. The molecule has 166 valence electrons. The van der Waals surface area contributed by atoms with E-state index in [1.807, 2.05) is 0 Å². The Kier molecular flexibility index (Phi) is 21.9. The average Bonchev–Trinajstić information content (AvgIpc) is 2.60. The zero-order chi connectivity index (χ0) is 21.0. The molecule has 0 aliphatic heterocycles. The molecule has 27 heavy (non-hydrogen) atoms. The molecular formula is C21H48O4P2. The third-order valence-electron chi connectivity index (χ3n) is 4.44. The van der Waals surface area contributed by atoms with E-state index >= 15 is 0 Å². The van der Waals surface area contributed by atoms with Crippen molar-refractivity contribution in [1.29, 1.82) is 0 Å². The van der Waals surface area contributed by atoms with E-state index in [1.54, 1.807) is 0 Å². The molecule has 0 saturated carbocycles. The molecule has 0 fully saturated rings. The van der Waals surface area contributed by atoms with E-state index in [2.05, 4.69) is 40.8 Å². The number of rotatable bonds is 17. The highest BCUT2D eigenvalue weighted by Gasteiger charge is 2.11. The lowest BCUT2D eigenvalue weighted by atomic mass is 10.1. The molecule has 0 aliphatic rings. The van der Waals surface area contributed by atoms with Crippen molar-refractivity contribution in [3.63, 3.8) is 0 Å². The van der Waals surface area contributed by atoms with Crippen LogP contribution in [0.15, 0.2) is 0 Å². The lowest BCUT2D eigenvalue weighted by Crippen LogP contribution is -2.10. The van der Waals surface area contributed by atoms with Gasteiger partial charge in [0.25, 0.3) is 7.82 Å². The van der Waals surface area contributed by atoms with Crippen LogP contribution in [-0.2, 0) is 13.6 Å². The summed E-state index contributed by atoms with van der Waals surface area (Å²) in [5.41, 5.74) is 0. The van der Waals surface area contributed by atoms with Crippen LogP contribution in [0, 0.1) is 0 Å². The van der Waals surface area contributed by atoms with Crippen molar-refractivity contribution >= 4 is 15.1 Å². The van der Waals surface area contributed by atoms with Crippen molar-refractivity contribution < 1.29 is 18.5 Å².